The molecule has 1 amide bonds. The zero-order chi connectivity index (χ0) is 14.6. The fourth-order valence-electron chi connectivity index (χ4n) is 2.51. The average molecular weight is 296 g/mol. The van der Waals surface area contributed by atoms with Gasteiger partial charge in [0.15, 0.2) is 0 Å². The van der Waals surface area contributed by atoms with Crippen molar-refractivity contribution in [1.82, 2.24) is 5.32 Å². The van der Waals surface area contributed by atoms with E-state index in [9.17, 15) is 4.79 Å². The molecule has 2 atom stereocenters. The average Bonchev–Trinajstić information content (AvgIpc) is 2.79. The molecule has 5 heteroatoms. The summed E-state index contributed by atoms with van der Waals surface area (Å²) in [5, 5.41) is 10.7. The maximum Gasteiger partial charge on any atom is 0.407 e. The van der Waals surface area contributed by atoms with Crippen LogP contribution >= 0.6 is 11.3 Å². The molecule has 4 nitrogen and oxygen atoms in total. The van der Waals surface area contributed by atoms with Gasteiger partial charge < -0.3 is 15.4 Å². The molecule has 1 heterocycles. The standard InChI is InChI=1S/C15H24N2O2S/c1-15(2,3)19-14(18)17-12-6-4-5-11(9-12)16-13-7-8-20-10-13/h7-8,10-12,16H,4-6,9H2,1-3H3,(H,17,18). The van der Waals surface area contributed by atoms with Crippen LogP contribution in [0.2, 0.25) is 0 Å². The predicted molar refractivity (Wildman–Crippen MR) is 83.4 cm³/mol. The van der Waals surface area contributed by atoms with E-state index in [1.165, 1.54) is 5.69 Å². The van der Waals surface area contributed by atoms with Crippen LogP contribution in [0.3, 0.4) is 0 Å². The molecule has 2 N–H and O–H groups in total. The number of alkyl carbamates (subject to hydrolysis) is 1. The van der Waals surface area contributed by atoms with E-state index < -0.39 is 5.60 Å². The van der Waals surface area contributed by atoms with Crippen molar-refractivity contribution in [1.29, 1.82) is 0 Å². The van der Waals surface area contributed by atoms with Crippen LogP contribution in [0.4, 0.5) is 10.5 Å². The number of amides is 1. The molecule has 0 bridgehead atoms. The topological polar surface area (TPSA) is 50.4 Å². The summed E-state index contributed by atoms with van der Waals surface area (Å²) in [7, 11) is 0. The summed E-state index contributed by atoms with van der Waals surface area (Å²) in [5.74, 6) is 0. The van der Waals surface area contributed by atoms with E-state index in [1.807, 2.05) is 20.8 Å². The van der Waals surface area contributed by atoms with Gasteiger partial charge in [-0.05, 0) is 57.9 Å². The van der Waals surface area contributed by atoms with Crippen molar-refractivity contribution in [3.63, 3.8) is 0 Å². The van der Waals surface area contributed by atoms with Gasteiger partial charge in [-0.25, -0.2) is 4.79 Å². The Balaban J connectivity index is 1.80. The Hall–Kier alpha value is -1.23. The monoisotopic (exact) mass is 296 g/mol. The van der Waals surface area contributed by atoms with Crippen LogP contribution in [-0.2, 0) is 4.74 Å². The van der Waals surface area contributed by atoms with Gasteiger partial charge in [-0.2, -0.15) is 11.3 Å². The second-order valence-electron chi connectivity index (χ2n) is 6.36. The van der Waals surface area contributed by atoms with Crippen molar-refractivity contribution in [2.45, 2.75) is 64.1 Å². The third kappa shape index (κ3) is 5.04. The Morgan fingerprint density at radius 2 is 2.10 bits per heavy atom. The van der Waals surface area contributed by atoms with Crippen LogP contribution in [0, 0.1) is 0 Å². The quantitative estimate of drug-likeness (QED) is 0.886. The minimum atomic E-state index is -0.437. The summed E-state index contributed by atoms with van der Waals surface area (Å²) < 4.78 is 5.31. The highest BCUT2D eigenvalue weighted by Gasteiger charge is 2.25. The Morgan fingerprint density at radius 1 is 1.35 bits per heavy atom. The van der Waals surface area contributed by atoms with E-state index >= 15 is 0 Å². The van der Waals surface area contributed by atoms with Gasteiger partial charge in [-0.3, -0.25) is 0 Å². The van der Waals surface area contributed by atoms with Crippen LogP contribution in [-0.4, -0.2) is 23.8 Å². The molecular formula is C15H24N2O2S. The van der Waals surface area contributed by atoms with Gasteiger partial charge in [0.25, 0.3) is 0 Å². The number of rotatable bonds is 3. The molecule has 1 aromatic heterocycles. The molecule has 0 saturated heterocycles. The van der Waals surface area contributed by atoms with Crippen molar-refractivity contribution in [3.05, 3.63) is 16.8 Å². The summed E-state index contributed by atoms with van der Waals surface area (Å²) in [6.07, 6.45) is 3.96. The van der Waals surface area contributed by atoms with E-state index in [4.69, 9.17) is 4.74 Å². The summed E-state index contributed by atoms with van der Waals surface area (Å²) in [4.78, 5) is 11.8. The van der Waals surface area contributed by atoms with Crippen LogP contribution < -0.4 is 10.6 Å². The van der Waals surface area contributed by atoms with Crippen molar-refractivity contribution >= 4 is 23.1 Å². The third-order valence-electron chi connectivity index (χ3n) is 3.29. The predicted octanol–water partition coefficient (Wildman–Crippen LogP) is 4.00. The number of ether oxygens (including phenoxy) is 1. The van der Waals surface area contributed by atoms with Crippen LogP contribution in [0.15, 0.2) is 16.8 Å². The van der Waals surface area contributed by atoms with Gasteiger partial charge in [-0.1, -0.05) is 0 Å². The van der Waals surface area contributed by atoms with E-state index in [2.05, 4.69) is 27.5 Å². The maximum absolute atomic E-state index is 11.8. The maximum atomic E-state index is 11.8. The largest absolute Gasteiger partial charge is 0.444 e. The van der Waals surface area contributed by atoms with Crippen molar-refractivity contribution in [3.8, 4) is 0 Å². The molecule has 0 radical (unpaired) electrons. The number of hydrogen-bond acceptors (Lipinski definition) is 4. The Bertz CT molecular complexity index is 426. The Labute approximate surface area is 124 Å². The fraction of sp³-hybridized carbons (Fsp3) is 0.667. The van der Waals surface area contributed by atoms with Gasteiger partial charge in [0, 0.05) is 23.2 Å². The fourth-order valence-corrected chi connectivity index (χ4v) is 3.11. The zero-order valence-electron chi connectivity index (χ0n) is 12.4. The summed E-state index contributed by atoms with van der Waals surface area (Å²) in [5.41, 5.74) is 0.741. The number of thiophene rings is 1. The summed E-state index contributed by atoms with van der Waals surface area (Å²) in [6.45, 7) is 5.65. The van der Waals surface area contributed by atoms with Crippen molar-refractivity contribution < 1.29 is 9.53 Å². The second-order valence-corrected chi connectivity index (χ2v) is 7.14. The number of hydrogen-bond donors (Lipinski definition) is 2. The molecule has 2 rings (SSSR count). The van der Waals surface area contributed by atoms with E-state index in [1.54, 1.807) is 11.3 Å². The molecule has 1 aliphatic carbocycles. The van der Waals surface area contributed by atoms with E-state index in [0.29, 0.717) is 6.04 Å². The van der Waals surface area contributed by atoms with Crippen LogP contribution in [0.5, 0.6) is 0 Å². The van der Waals surface area contributed by atoms with Gasteiger partial charge in [-0.15, -0.1) is 0 Å². The highest BCUT2D eigenvalue weighted by molar-refractivity contribution is 7.08. The first-order chi connectivity index (χ1) is 9.42. The molecule has 112 valence electrons. The summed E-state index contributed by atoms with van der Waals surface area (Å²) in [6, 6.07) is 2.73. The first-order valence-corrected chi connectivity index (χ1v) is 8.15. The number of anilines is 1. The molecular weight excluding hydrogens is 272 g/mol. The van der Waals surface area contributed by atoms with Crippen molar-refractivity contribution in [2.75, 3.05) is 5.32 Å². The van der Waals surface area contributed by atoms with Gasteiger partial charge in [0.2, 0.25) is 0 Å². The molecule has 20 heavy (non-hydrogen) atoms. The zero-order valence-corrected chi connectivity index (χ0v) is 13.3. The Kier molecular flexibility index (Phi) is 4.91. The molecule has 1 aromatic rings. The Morgan fingerprint density at radius 3 is 2.75 bits per heavy atom. The molecule has 0 spiro atoms. The number of carbonyl (C=O) groups is 1. The van der Waals surface area contributed by atoms with Gasteiger partial charge >= 0.3 is 6.09 Å². The number of nitrogens with one attached hydrogen (secondary N) is 2. The molecule has 1 saturated carbocycles. The molecule has 0 aliphatic heterocycles. The van der Waals surface area contributed by atoms with Gasteiger partial charge in [0.05, 0.1) is 0 Å². The van der Waals surface area contributed by atoms with Crippen LogP contribution in [0.25, 0.3) is 0 Å². The molecule has 2 unspecified atom stereocenters. The normalized spacial score (nSPS) is 23.1. The van der Waals surface area contributed by atoms with E-state index in [-0.39, 0.29) is 12.1 Å². The third-order valence-corrected chi connectivity index (χ3v) is 3.97. The smallest absolute Gasteiger partial charge is 0.407 e. The number of carbonyl (C=O) groups excluding carboxylic acids is 1. The van der Waals surface area contributed by atoms with Crippen LogP contribution in [0.1, 0.15) is 46.5 Å². The first-order valence-electron chi connectivity index (χ1n) is 7.20. The minimum Gasteiger partial charge on any atom is -0.444 e. The van der Waals surface area contributed by atoms with E-state index in [0.717, 1.165) is 25.7 Å². The second kappa shape index (κ2) is 6.48. The minimum absolute atomic E-state index is 0.203. The molecule has 1 aliphatic rings. The SMILES string of the molecule is CC(C)(C)OC(=O)NC1CCCC(Nc2ccsc2)C1. The lowest BCUT2D eigenvalue weighted by atomic mass is 9.91. The first kappa shape index (κ1) is 15.2. The molecule has 1 fully saturated rings. The highest BCUT2D eigenvalue weighted by Crippen LogP contribution is 2.23. The summed E-state index contributed by atoms with van der Waals surface area (Å²) >= 11 is 1.69. The van der Waals surface area contributed by atoms with Crippen molar-refractivity contribution in [2.24, 2.45) is 0 Å². The lowest BCUT2D eigenvalue weighted by Crippen LogP contribution is -2.43. The van der Waals surface area contributed by atoms with Gasteiger partial charge in [0.1, 0.15) is 5.60 Å². The molecule has 0 aromatic carbocycles. The lowest BCUT2D eigenvalue weighted by Gasteiger charge is -2.31. The lowest BCUT2D eigenvalue weighted by molar-refractivity contribution is 0.0492. The highest BCUT2D eigenvalue weighted by atomic mass is 32.1.